The lowest BCUT2D eigenvalue weighted by molar-refractivity contribution is 0.0909. The topological polar surface area (TPSA) is 32.3 Å². The van der Waals surface area contributed by atoms with Crippen molar-refractivity contribution in [2.45, 2.75) is 37.8 Å². The van der Waals surface area contributed by atoms with Crippen LogP contribution >= 0.6 is 11.6 Å². The minimum atomic E-state index is -0.00706. The van der Waals surface area contributed by atoms with Crippen LogP contribution in [-0.4, -0.2) is 36.0 Å². The number of likely N-dealkylation sites (tertiary alicyclic amines) is 1. The number of piperidine rings is 1. The van der Waals surface area contributed by atoms with Crippen molar-refractivity contribution in [3.05, 3.63) is 34.9 Å². The van der Waals surface area contributed by atoms with Crippen LogP contribution in [0.3, 0.4) is 0 Å². The molecule has 0 unspecified atom stereocenters. The van der Waals surface area contributed by atoms with Crippen LogP contribution in [0.5, 0.6) is 0 Å². The van der Waals surface area contributed by atoms with Crippen molar-refractivity contribution in [1.29, 1.82) is 0 Å². The lowest BCUT2D eigenvalue weighted by Crippen LogP contribution is -2.45. The molecule has 1 heterocycles. The van der Waals surface area contributed by atoms with Crippen LogP contribution in [0.25, 0.3) is 0 Å². The molecule has 3 nitrogen and oxygen atoms in total. The Morgan fingerprint density at radius 3 is 2.58 bits per heavy atom. The highest BCUT2D eigenvalue weighted by molar-refractivity contribution is 6.30. The van der Waals surface area contributed by atoms with E-state index in [0.717, 1.165) is 32.0 Å². The van der Waals surface area contributed by atoms with Gasteiger partial charge in [0.2, 0.25) is 0 Å². The molecule has 1 aliphatic carbocycles. The molecule has 102 valence electrons. The van der Waals surface area contributed by atoms with E-state index in [9.17, 15) is 4.79 Å². The molecule has 0 bridgehead atoms. The number of benzene rings is 1. The molecule has 2 fully saturated rings. The number of nitrogens with zero attached hydrogens (tertiary/aromatic N) is 1. The molecule has 0 spiro atoms. The van der Waals surface area contributed by atoms with Crippen molar-refractivity contribution in [2.24, 2.45) is 0 Å². The van der Waals surface area contributed by atoms with Crippen LogP contribution in [0.15, 0.2) is 24.3 Å². The van der Waals surface area contributed by atoms with Gasteiger partial charge in [0.05, 0.1) is 0 Å². The Balaban J connectivity index is 1.52. The van der Waals surface area contributed by atoms with Gasteiger partial charge in [0.15, 0.2) is 0 Å². The van der Waals surface area contributed by atoms with Crippen molar-refractivity contribution in [1.82, 2.24) is 10.2 Å². The maximum absolute atomic E-state index is 12.1. The predicted octanol–water partition coefficient (Wildman–Crippen LogP) is 2.70. The highest BCUT2D eigenvalue weighted by atomic mass is 35.5. The molecular weight excluding hydrogens is 260 g/mol. The molecule has 0 radical (unpaired) electrons. The van der Waals surface area contributed by atoms with Crippen molar-refractivity contribution < 1.29 is 4.79 Å². The molecule has 1 amide bonds. The molecule has 19 heavy (non-hydrogen) atoms. The SMILES string of the molecule is O=C(NC1CCN(C2CC2)CC1)c1cccc(Cl)c1. The summed E-state index contributed by atoms with van der Waals surface area (Å²) in [5, 5.41) is 3.73. The summed E-state index contributed by atoms with van der Waals surface area (Å²) in [6, 6.07) is 8.27. The molecule has 1 aromatic carbocycles. The fourth-order valence-corrected chi connectivity index (χ4v) is 2.94. The van der Waals surface area contributed by atoms with Crippen LogP contribution in [0.1, 0.15) is 36.0 Å². The molecule has 1 saturated heterocycles. The van der Waals surface area contributed by atoms with E-state index in [-0.39, 0.29) is 5.91 Å². The van der Waals surface area contributed by atoms with E-state index in [2.05, 4.69) is 10.2 Å². The zero-order valence-corrected chi connectivity index (χ0v) is 11.7. The predicted molar refractivity (Wildman–Crippen MR) is 76.5 cm³/mol. The minimum Gasteiger partial charge on any atom is -0.349 e. The van der Waals surface area contributed by atoms with E-state index in [1.165, 1.54) is 12.8 Å². The molecule has 1 N–H and O–H groups in total. The molecule has 4 heteroatoms. The molecule has 1 aromatic rings. The Bertz CT molecular complexity index is 465. The van der Waals surface area contributed by atoms with Gasteiger partial charge in [-0.3, -0.25) is 4.79 Å². The van der Waals surface area contributed by atoms with E-state index in [0.29, 0.717) is 16.6 Å². The second-order valence-corrected chi connectivity index (χ2v) is 5.96. The van der Waals surface area contributed by atoms with Crippen molar-refractivity contribution >= 4 is 17.5 Å². The second-order valence-electron chi connectivity index (χ2n) is 5.53. The Morgan fingerprint density at radius 2 is 1.95 bits per heavy atom. The second kappa shape index (κ2) is 5.51. The molecule has 0 aromatic heterocycles. The molecular formula is C15H19ClN2O. The zero-order chi connectivity index (χ0) is 13.2. The molecule has 3 rings (SSSR count). The summed E-state index contributed by atoms with van der Waals surface area (Å²) in [5.41, 5.74) is 0.650. The lowest BCUT2D eigenvalue weighted by atomic mass is 10.0. The zero-order valence-electron chi connectivity index (χ0n) is 10.9. The highest BCUT2D eigenvalue weighted by Crippen LogP contribution is 2.29. The van der Waals surface area contributed by atoms with Crippen molar-refractivity contribution in [2.75, 3.05) is 13.1 Å². The lowest BCUT2D eigenvalue weighted by Gasteiger charge is -2.32. The van der Waals surface area contributed by atoms with Crippen LogP contribution < -0.4 is 5.32 Å². The van der Waals surface area contributed by atoms with Gasteiger partial charge in [-0.2, -0.15) is 0 Å². The Kier molecular flexibility index (Phi) is 3.76. The quantitative estimate of drug-likeness (QED) is 0.922. The Morgan fingerprint density at radius 1 is 1.21 bits per heavy atom. The van der Waals surface area contributed by atoms with Gasteiger partial charge < -0.3 is 10.2 Å². The van der Waals surface area contributed by atoms with E-state index in [1.807, 2.05) is 6.07 Å². The van der Waals surface area contributed by atoms with Gasteiger partial charge in [-0.05, 0) is 43.9 Å². The first kappa shape index (κ1) is 12.9. The average Bonchev–Trinajstić information content (AvgIpc) is 3.24. The third-order valence-electron chi connectivity index (χ3n) is 4.01. The summed E-state index contributed by atoms with van der Waals surface area (Å²) < 4.78 is 0. The number of hydrogen-bond acceptors (Lipinski definition) is 2. The first-order valence-corrected chi connectivity index (χ1v) is 7.40. The third kappa shape index (κ3) is 3.28. The van der Waals surface area contributed by atoms with Crippen LogP contribution in [0, 0.1) is 0 Å². The monoisotopic (exact) mass is 278 g/mol. The van der Waals surface area contributed by atoms with Crippen LogP contribution in [-0.2, 0) is 0 Å². The fourth-order valence-electron chi connectivity index (χ4n) is 2.75. The number of halogens is 1. The summed E-state index contributed by atoms with van der Waals surface area (Å²) in [7, 11) is 0. The summed E-state index contributed by atoms with van der Waals surface area (Å²) in [6.45, 7) is 2.23. The van der Waals surface area contributed by atoms with E-state index >= 15 is 0 Å². The van der Waals surface area contributed by atoms with Crippen LogP contribution in [0.2, 0.25) is 5.02 Å². The number of hydrogen-bond donors (Lipinski definition) is 1. The maximum atomic E-state index is 12.1. The van der Waals surface area contributed by atoms with Crippen molar-refractivity contribution in [3.63, 3.8) is 0 Å². The first-order valence-electron chi connectivity index (χ1n) is 7.03. The first-order chi connectivity index (χ1) is 9.22. The number of carbonyl (C=O) groups is 1. The Labute approximate surface area is 118 Å². The fraction of sp³-hybridized carbons (Fsp3) is 0.533. The van der Waals surface area contributed by atoms with Crippen molar-refractivity contribution in [3.8, 4) is 0 Å². The average molecular weight is 279 g/mol. The third-order valence-corrected chi connectivity index (χ3v) is 4.25. The van der Waals surface area contributed by atoms with E-state index < -0.39 is 0 Å². The van der Waals surface area contributed by atoms with Crippen LogP contribution in [0.4, 0.5) is 0 Å². The van der Waals surface area contributed by atoms with Gasteiger partial charge in [0, 0.05) is 35.8 Å². The van der Waals surface area contributed by atoms with Gasteiger partial charge in [0.25, 0.3) is 5.91 Å². The smallest absolute Gasteiger partial charge is 0.251 e. The molecule has 2 aliphatic rings. The number of amides is 1. The summed E-state index contributed by atoms with van der Waals surface area (Å²) in [4.78, 5) is 14.7. The maximum Gasteiger partial charge on any atom is 0.251 e. The van der Waals surface area contributed by atoms with E-state index in [1.54, 1.807) is 18.2 Å². The highest BCUT2D eigenvalue weighted by Gasteiger charge is 2.32. The summed E-state index contributed by atoms with van der Waals surface area (Å²) >= 11 is 5.91. The largest absolute Gasteiger partial charge is 0.349 e. The van der Waals surface area contributed by atoms with Gasteiger partial charge in [-0.25, -0.2) is 0 Å². The number of nitrogens with one attached hydrogen (secondary N) is 1. The normalized spacial score (nSPS) is 21.3. The van der Waals surface area contributed by atoms with Gasteiger partial charge >= 0.3 is 0 Å². The van der Waals surface area contributed by atoms with E-state index in [4.69, 9.17) is 11.6 Å². The number of carbonyl (C=O) groups excluding carboxylic acids is 1. The standard InChI is InChI=1S/C15H19ClN2O/c16-12-3-1-2-11(10-12)15(19)17-13-6-8-18(9-7-13)14-4-5-14/h1-3,10,13-14H,4-9H2,(H,17,19). The summed E-state index contributed by atoms with van der Waals surface area (Å²) in [5.74, 6) is -0.00706. The molecule has 1 aliphatic heterocycles. The Hall–Kier alpha value is -1.06. The minimum absolute atomic E-state index is 0.00706. The molecule has 0 atom stereocenters. The summed E-state index contributed by atoms with van der Waals surface area (Å²) in [6.07, 6.45) is 4.84. The van der Waals surface area contributed by atoms with Gasteiger partial charge in [-0.1, -0.05) is 17.7 Å². The van der Waals surface area contributed by atoms with Gasteiger partial charge in [-0.15, -0.1) is 0 Å². The number of rotatable bonds is 3. The molecule has 1 saturated carbocycles. The van der Waals surface area contributed by atoms with Gasteiger partial charge in [0.1, 0.15) is 0 Å².